The highest BCUT2D eigenvalue weighted by Crippen LogP contribution is 2.37. The fraction of sp³-hybridized carbons (Fsp3) is 0.667. The molecule has 1 N–H and O–H groups in total. The Balaban J connectivity index is 1.71. The highest BCUT2D eigenvalue weighted by Gasteiger charge is 2.30. The Labute approximate surface area is 124 Å². The lowest BCUT2D eigenvalue weighted by Gasteiger charge is -2.41. The quantitative estimate of drug-likeness (QED) is 0.831. The summed E-state index contributed by atoms with van der Waals surface area (Å²) in [7, 11) is 0. The Morgan fingerprint density at radius 1 is 1.15 bits per heavy atom. The third kappa shape index (κ3) is 3.99. The number of aryl methyl sites for hydroxylation is 1. The summed E-state index contributed by atoms with van der Waals surface area (Å²) in [5.41, 5.74) is 3.21. The summed E-state index contributed by atoms with van der Waals surface area (Å²) in [4.78, 5) is 2.62. The lowest BCUT2D eigenvalue weighted by molar-refractivity contribution is 0.0983. The maximum atomic E-state index is 3.54. The van der Waals surface area contributed by atoms with Crippen LogP contribution in [-0.4, -0.2) is 31.1 Å². The molecule has 2 rings (SSSR count). The molecule has 0 bridgehead atoms. The first-order valence-electron chi connectivity index (χ1n) is 8.20. The van der Waals surface area contributed by atoms with Gasteiger partial charge in [0, 0.05) is 18.8 Å². The molecule has 1 aliphatic heterocycles. The first kappa shape index (κ1) is 15.4. The Kier molecular flexibility index (Phi) is 5.47. The minimum atomic E-state index is 0.639. The van der Waals surface area contributed by atoms with E-state index in [-0.39, 0.29) is 0 Å². The van der Waals surface area contributed by atoms with E-state index in [2.05, 4.69) is 55.3 Å². The van der Waals surface area contributed by atoms with Crippen molar-refractivity contribution in [1.29, 1.82) is 0 Å². The lowest BCUT2D eigenvalue weighted by Crippen LogP contribution is -2.41. The molecule has 0 aliphatic carbocycles. The molecule has 20 heavy (non-hydrogen) atoms. The predicted molar refractivity (Wildman–Crippen MR) is 88.4 cm³/mol. The highest BCUT2D eigenvalue weighted by atomic mass is 15.1. The van der Waals surface area contributed by atoms with Crippen LogP contribution in [0.15, 0.2) is 24.3 Å². The molecule has 1 aliphatic rings. The molecule has 2 heteroatoms. The van der Waals surface area contributed by atoms with Gasteiger partial charge in [-0.25, -0.2) is 0 Å². The molecule has 112 valence electrons. The zero-order valence-corrected chi connectivity index (χ0v) is 13.4. The fourth-order valence-electron chi connectivity index (χ4n) is 3.32. The van der Waals surface area contributed by atoms with Crippen LogP contribution in [0, 0.1) is 12.3 Å². The summed E-state index contributed by atoms with van der Waals surface area (Å²) in [6.07, 6.45) is 5.45. The van der Waals surface area contributed by atoms with Crippen LogP contribution in [0.1, 0.15) is 45.1 Å². The number of rotatable bonds is 6. The standard InChI is InChI=1S/C18H30N2/c1-4-18(5-2)9-12-20(13-10-18)14-11-19-17-8-6-7-16(3)15-17/h6-8,15,19H,4-5,9-14H2,1-3H3. The van der Waals surface area contributed by atoms with E-state index < -0.39 is 0 Å². The third-order valence-corrected chi connectivity index (χ3v) is 5.19. The summed E-state index contributed by atoms with van der Waals surface area (Å²) >= 11 is 0. The van der Waals surface area contributed by atoms with Gasteiger partial charge in [-0.15, -0.1) is 0 Å². The van der Waals surface area contributed by atoms with Crippen LogP contribution in [0.25, 0.3) is 0 Å². The molecule has 0 radical (unpaired) electrons. The molecule has 0 amide bonds. The molecular formula is C18H30N2. The van der Waals surface area contributed by atoms with E-state index in [0.29, 0.717) is 5.41 Å². The molecule has 2 nitrogen and oxygen atoms in total. The van der Waals surface area contributed by atoms with Gasteiger partial charge in [0.05, 0.1) is 0 Å². The van der Waals surface area contributed by atoms with Gasteiger partial charge in [-0.1, -0.05) is 38.8 Å². The van der Waals surface area contributed by atoms with Crippen molar-refractivity contribution in [1.82, 2.24) is 4.90 Å². The average Bonchev–Trinajstić information content (AvgIpc) is 2.48. The van der Waals surface area contributed by atoms with Crippen LogP contribution in [0.4, 0.5) is 5.69 Å². The minimum Gasteiger partial charge on any atom is -0.384 e. The fourth-order valence-corrected chi connectivity index (χ4v) is 3.32. The summed E-state index contributed by atoms with van der Waals surface area (Å²) in [6.45, 7) is 11.6. The number of hydrogen-bond donors (Lipinski definition) is 1. The van der Waals surface area contributed by atoms with Crippen molar-refractivity contribution < 1.29 is 0 Å². The topological polar surface area (TPSA) is 15.3 Å². The van der Waals surface area contributed by atoms with Crippen molar-refractivity contribution in [2.45, 2.75) is 46.5 Å². The summed E-state index contributed by atoms with van der Waals surface area (Å²) in [6, 6.07) is 8.64. The van der Waals surface area contributed by atoms with Gasteiger partial charge in [0.25, 0.3) is 0 Å². The largest absolute Gasteiger partial charge is 0.384 e. The maximum Gasteiger partial charge on any atom is 0.0343 e. The Morgan fingerprint density at radius 3 is 2.45 bits per heavy atom. The van der Waals surface area contributed by atoms with Gasteiger partial charge in [0.2, 0.25) is 0 Å². The number of nitrogens with one attached hydrogen (secondary N) is 1. The van der Waals surface area contributed by atoms with Crippen molar-refractivity contribution in [3.05, 3.63) is 29.8 Å². The molecule has 1 fully saturated rings. The molecule has 1 aromatic carbocycles. The van der Waals surface area contributed by atoms with E-state index >= 15 is 0 Å². The molecule has 0 spiro atoms. The van der Waals surface area contributed by atoms with E-state index in [9.17, 15) is 0 Å². The maximum absolute atomic E-state index is 3.54. The van der Waals surface area contributed by atoms with Crippen molar-refractivity contribution >= 4 is 5.69 Å². The van der Waals surface area contributed by atoms with Gasteiger partial charge in [-0.3, -0.25) is 0 Å². The van der Waals surface area contributed by atoms with Crippen molar-refractivity contribution in [3.8, 4) is 0 Å². The molecular weight excluding hydrogens is 244 g/mol. The monoisotopic (exact) mass is 274 g/mol. The average molecular weight is 274 g/mol. The summed E-state index contributed by atoms with van der Waals surface area (Å²) < 4.78 is 0. The molecule has 1 saturated heterocycles. The zero-order valence-electron chi connectivity index (χ0n) is 13.4. The molecule has 0 aromatic heterocycles. The summed E-state index contributed by atoms with van der Waals surface area (Å²) in [5, 5.41) is 3.54. The van der Waals surface area contributed by atoms with Crippen LogP contribution in [0.2, 0.25) is 0 Å². The van der Waals surface area contributed by atoms with Crippen LogP contribution < -0.4 is 5.32 Å². The smallest absolute Gasteiger partial charge is 0.0343 e. The van der Waals surface area contributed by atoms with E-state index in [1.54, 1.807) is 0 Å². The van der Waals surface area contributed by atoms with Gasteiger partial charge < -0.3 is 10.2 Å². The minimum absolute atomic E-state index is 0.639. The van der Waals surface area contributed by atoms with Gasteiger partial charge >= 0.3 is 0 Å². The molecule has 0 unspecified atom stereocenters. The van der Waals surface area contributed by atoms with Crippen LogP contribution in [-0.2, 0) is 0 Å². The van der Waals surface area contributed by atoms with Gasteiger partial charge in [0.15, 0.2) is 0 Å². The Morgan fingerprint density at radius 2 is 1.85 bits per heavy atom. The van der Waals surface area contributed by atoms with Crippen LogP contribution in [0.3, 0.4) is 0 Å². The van der Waals surface area contributed by atoms with Crippen molar-refractivity contribution in [3.63, 3.8) is 0 Å². The second-order valence-electron chi connectivity index (χ2n) is 6.35. The van der Waals surface area contributed by atoms with Gasteiger partial charge in [0.1, 0.15) is 0 Å². The number of anilines is 1. The Hall–Kier alpha value is -1.02. The third-order valence-electron chi connectivity index (χ3n) is 5.19. The van der Waals surface area contributed by atoms with Crippen molar-refractivity contribution in [2.75, 3.05) is 31.5 Å². The summed E-state index contributed by atoms with van der Waals surface area (Å²) in [5.74, 6) is 0. The van der Waals surface area contributed by atoms with Gasteiger partial charge in [-0.2, -0.15) is 0 Å². The van der Waals surface area contributed by atoms with Gasteiger partial charge in [-0.05, 0) is 56.0 Å². The van der Waals surface area contributed by atoms with E-state index in [1.807, 2.05) is 0 Å². The first-order chi connectivity index (χ1) is 9.67. The molecule has 0 atom stereocenters. The normalized spacial score (nSPS) is 18.9. The molecule has 1 heterocycles. The van der Waals surface area contributed by atoms with E-state index in [0.717, 1.165) is 13.1 Å². The zero-order chi connectivity index (χ0) is 14.4. The number of nitrogens with zero attached hydrogens (tertiary/aromatic N) is 1. The number of likely N-dealkylation sites (tertiary alicyclic amines) is 1. The first-order valence-corrected chi connectivity index (χ1v) is 8.20. The SMILES string of the molecule is CCC1(CC)CCN(CCNc2cccc(C)c2)CC1. The van der Waals surface area contributed by atoms with E-state index in [1.165, 1.54) is 50.0 Å². The predicted octanol–water partition coefficient (Wildman–Crippen LogP) is 4.31. The number of hydrogen-bond acceptors (Lipinski definition) is 2. The highest BCUT2D eigenvalue weighted by molar-refractivity contribution is 5.45. The lowest BCUT2D eigenvalue weighted by atomic mass is 9.74. The molecule has 0 saturated carbocycles. The van der Waals surface area contributed by atoms with Crippen LogP contribution in [0.5, 0.6) is 0 Å². The second kappa shape index (κ2) is 7.12. The number of piperidine rings is 1. The van der Waals surface area contributed by atoms with Crippen molar-refractivity contribution in [2.24, 2.45) is 5.41 Å². The number of benzene rings is 1. The van der Waals surface area contributed by atoms with E-state index in [4.69, 9.17) is 0 Å². The Bertz CT molecular complexity index is 400. The van der Waals surface area contributed by atoms with Crippen LogP contribution >= 0.6 is 0 Å². The second-order valence-corrected chi connectivity index (χ2v) is 6.35. The molecule has 1 aromatic rings.